The summed E-state index contributed by atoms with van der Waals surface area (Å²) >= 11 is 0. The normalized spacial score (nSPS) is 8.59. The smallest absolute Gasteiger partial charge is 0.305 e. The molecule has 1 N–H and O–H groups in total. The van der Waals surface area contributed by atoms with E-state index in [1.165, 1.54) is 6.92 Å². The molecule has 0 aliphatic rings. The van der Waals surface area contributed by atoms with Gasteiger partial charge in [0, 0.05) is 19.8 Å². The average Bonchev–Trinajstić information content (AvgIpc) is 2.40. The zero-order valence-corrected chi connectivity index (χ0v) is 14.6. The molecule has 0 aromatic carbocycles. The van der Waals surface area contributed by atoms with E-state index in [1.54, 1.807) is 6.92 Å². The van der Waals surface area contributed by atoms with Crippen LogP contribution in [-0.4, -0.2) is 36.2 Å². The third-order valence-corrected chi connectivity index (χ3v) is 2.10. The molecule has 0 amide bonds. The number of hydrogen-bond acceptors (Lipinski definition) is 5. The molecule has 6 heteroatoms. The van der Waals surface area contributed by atoms with Crippen molar-refractivity contribution in [3.8, 4) is 0 Å². The Balaban J connectivity index is -0.000000261. The SMILES string of the molecule is CCCC(=O)O.CCCCCC(=O)OCC.CCOC(C)=O. The van der Waals surface area contributed by atoms with Gasteiger partial charge in [0.1, 0.15) is 0 Å². The minimum atomic E-state index is -0.711. The monoisotopic (exact) mass is 320 g/mol. The van der Waals surface area contributed by atoms with Crippen molar-refractivity contribution in [2.24, 2.45) is 0 Å². The molecule has 0 spiro atoms. The van der Waals surface area contributed by atoms with Gasteiger partial charge in [-0.3, -0.25) is 14.4 Å². The van der Waals surface area contributed by atoms with Crippen molar-refractivity contribution in [3.05, 3.63) is 0 Å². The summed E-state index contributed by atoms with van der Waals surface area (Å²) < 4.78 is 9.15. The van der Waals surface area contributed by atoms with E-state index in [2.05, 4.69) is 11.7 Å². The standard InChI is InChI=1S/C8H16O2.2C4H8O2/c1-3-5-6-7-8(9)10-4-2;1-3-6-4(2)5;1-2-3-4(5)6/h3-7H2,1-2H3;3H2,1-2H3;2-3H2,1H3,(H,5,6). The highest BCUT2D eigenvalue weighted by atomic mass is 16.5. The molecule has 0 aromatic heterocycles. The predicted octanol–water partition coefficient (Wildman–Crippen LogP) is 3.57. The number of carboxylic acids is 1. The lowest BCUT2D eigenvalue weighted by Crippen LogP contribution is -2.02. The van der Waals surface area contributed by atoms with Gasteiger partial charge in [-0.05, 0) is 26.7 Å². The molecule has 0 aliphatic heterocycles. The molecule has 0 aromatic rings. The lowest BCUT2D eigenvalue weighted by atomic mass is 10.2. The molecule has 0 atom stereocenters. The fourth-order valence-corrected chi connectivity index (χ4v) is 1.17. The summed E-state index contributed by atoms with van der Waals surface area (Å²) in [6.07, 6.45) is 4.85. The van der Waals surface area contributed by atoms with E-state index in [-0.39, 0.29) is 11.9 Å². The molecule has 0 rings (SSSR count). The first kappa shape index (κ1) is 25.4. The van der Waals surface area contributed by atoms with Crippen molar-refractivity contribution in [1.29, 1.82) is 0 Å². The molecule has 0 bridgehead atoms. The number of esters is 2. The topological polar surface area (TPSA) is 89.9 Å². The highest BCUT2D eigenvalue weighted by Gasteiger charge is 1.98. The van der Waals surface area contributed by atoms with Gasteiger partial charge in [0.15, 0.2) is 0 Å². The Bertz CT molecular complexity index is 260. The van der Waals surface area contributed by atoms with Gasteiger partial charge in [0.2, 0.25) is 0 Å². The number of carbonyl (C=O) groups is 3. The number of unbranched alkanes of at least 4 members (excludes halogenated alkanes) is 2. The lowest BCUT2D eigenvalue weighted by Gasteiger charge is -1.99. The van der Waals surface area contributed by atoms with E-state index >= 15 is 0 Å². The second kappa shape index (κ2) is 21.7. The number of hydrogen-bond donors (Lipinski definition) is 1. The fraction of sp³-hybridized carbons (Fsp3) is 0.812. The maximum absolute atomic E-state index is 10.7. The molecule has 0 heterocycles. The van der Waals surface area contributed by atoms with Crippen LogP contribution in [-0.2, 0) is 23.9 Å². The van der Waals surface area contributed by atoms with Crippen LogP contribution in [0.3, 0.4) is 0 Å². The number of carboxylic acid groups (broad SMARTS) is 1. The van der Waals surface area contributed by atoms with Crippen LogP contribution in [0.4, 0.5) is 0 Å². The Morgan fingerprint density at radius 2 is 1.36 bits per heavy atom. The Morgan fingerprint density at radius 3 is 1.59 bits per heavy atom. The number of ether oxygens (including phenoxy) is 2. The zero-order chi connectivity index (χ0) is 17.8. The van der Waals surface area contributed by atoms with E-state index in [0.29, 0.717) is 26.1 Å². The summed E-state index contributed by atoms with van der Waals surface area (Å²) in [6, 6.07) is 0. The van der Waals surface area contributed by atoms with Gasteiger partial charge in [-0.1, -0.05) is 26.7 Å². The first-order valence-electron chi connectivity index (χ1n) is 7.86. The van der Waals surface area contributed by atoms with Crippen molar-refractivity contribution in [2.75, 3.05) is 13.2 Å². The van der Waals surface area contributed by atoms with Crippen LogP contribution in [0, 0.1) is 0 Å². The molecule has 0 unspecified atom stereocenters. The van der Waals surface area contributed by atoms with E-state index < -0.39 is 5.97 Å². The first-order chi connectivity index (χ1) is 10.3. The van der Waals surface area contributed by atoms with Crippen LogP contribution in [0.5, 0.6) is 0 Å². The molecule has 0 fully saturated rings. The second-order valence-electron chi connectivity index (χ2n) is 4.33. The maximum atomic E-state index is 10.7. The summed E-state index contributed by atoms with van der Waals surface area (Å²) in [6.45, 7) is 9.95. The molecule has 0 saturated heterocycles. The average molecular weight is 320 g/mol. The van der Waals surface area contributed by atoms with Crippen LogP contribution in [0.15, 0.2) is 0 Å². The minimum Gasteiger partial charge on any atom is -0.481 e. The zero-order valence-electron chi connectivity index (χ0n) is 14.6. The summed E-state index contributed by atoms with van der Waals surface area (Å²) in [5.74, 6) is -0.981. The lowest BCUT2D eigenvalue weighted by molar-refractivity contribution is -0.143. The van der Waals surface area contributed by atoms with Gasteiger partial charge in [-0.15, -0.1) is 0 Å². The highest BCUT2D eigenvalue weighted by molar-refractivity contribution is 5.69. The Labute approximate surface area is 134 Å². The third kappa shape index (κ3) is 36.2. The predicted molar refractivity (Wildman–Crippen MR) is 85.6 cm³/mol. The Hall–Kier alpha value is -1.59. The van der Waals surface area contributed by atoms with Gasteiger partial charge in [-0.25, -0.2) is 0 Å². The van der Waals surface area contributed by atoms with Crippen LogP contribution >= 0.6 is 0 Å². The Morgan fingerprint density at radius 1 is 0.818 bits per heavy atom. The summed E-state index contributed by atoms with van der Waals surface area (Å²) in [5, 5.41) is 7.91. The minimum absolute atomic E-state index is 0.0593. The number of carbonyl (C=O) groups excluding carboxylic acids is 2. The largest absolute Gasteiger partial charge is 0.481 e. The highest BCUT2D eigenvalue weighted by Crippen LogP contribution is 1.99. The molecule has 22 heavy (non-hydrogen) atoms. The van der Waals surface area contributed by atoms with Gasteiger partial charge in [-0.2, -0.15) is 0 Å². The van der Waals surface area contributed by atoms with Gasteiger partial charge >= 0.3 is 17.9 Å². The summed E-state index contributed by atoms with van der Waals surface area (Å²) in [4.78, 5) is 30.1. The molecule has 0 aliphatic carbocycles. The van der Waals surface area contributed by atoms with E-state index in [9.17, 15) is 14.4 Å². The first-order valence-corrected chi connectivity index (χ1v) is 7.86. The summed E-state index contributed by atoms with van der Waals surface area (Å²) in [5.41, 5.74) is 0. The second-order valence-corrected chi connectivity index (χ2v) is 4.33. The van der Waals surface area contributed by atoms with E-state index in [4.69, 9.17) is 9.84 Å². The Kier molecular flexibility index (Phi) is 25.0. The van der Waals surface area contributed by atoms with Crippen LogP contribution in [0.1, 0.15) is 73.1 Å². The van der Waals surface area contributed by atoms with Crippen molar-refractivity contribution < 1.29 is 29.0 Å². The molecule has 0 saturated carbocycles. The van der Waals surface area contributed by atoms with E-state index in [0.717, 1.165) is 25.7 Å². The molecular formula is C16H32O6. The van der Waals surface area contributed by atoms with Crippen LogP contribution in [0.25, 0.3) is 0 Å². The molecule has 0 radical (unpaired) electrons. The summed E-state index contributed by atoms with van der Waals surface area (Å²) in [7, 11) is 0. The maximum Gasteiger partial charge on any atom is 0.305 e. The third-order valence-electron chi connectivity index (χ3n) is 2.10. The van der Waals surface area contributed by atoms with Crippen molar-refractivity contribution in [3.63, 3.8) is 0 Å². The van der Waals surface area contributed by atoms with Crippen molar-refractivity contribution in [2.45, 2.75) is 73.1 Å². The fourth-order valence-electron chi connectivity index (χ4n) is 1.17. The number of rotatable bonds is 8. The van der Waals surface area contributed by atoms with Crippen molar-refractivity contribution >= 4 is 17.9 Å². The van der Waals surface area contributed by atoms with Gasteiger partial charge in [0.25, 0.3) is 0 Å². The van der Waals surface area contributed by atoms with Crippen LogP contribution < -0.4 is 0 Å². The van der Waals surface area contributed by atoms with Crippen molar-refractivity contribution in [1.82, 2.24) is 0 Å². The van der Waals surface area contributed by atoms with Crippen LogP contribution in [0.2, 0.25) is 0 Å². The molecule has 132 valence electrons. The molecular weight excluding hydrogens is 288 g/mol. The quantitative estimate of drug-likeness (QED) is 0.543. The number of aliphatic carboxylic acids is 1. The van der Waals surface area contributed by atoms with E-state index in [1.807, 2.05) is 13.8 Å². The van der Waals surface area contributed by atoms with Gasteiger partial charge in [0.05, 0.1) is 13.2 Å². The molecule has 6 nitrogen and oxygen atoms in total. The van der Waals surface area contributed by atoms with Gasteiger partial charge < -0.3 is 14.6 Å².